The summed E-state index contributed by atoms with van der Waals surface area (Å²) >= 11 is 0. The van der Waals surface area contributed by atoms with Crippen LogP contribution in [-0.2, 0) is 11.2 Å². The second-order valence-electron chi connectivity index (χ2n) is 5.94. The number of nitrogens with zero attached hydrogens (tertiary/aromatic N) is 1. The molecular formula is C17H27N3O3. The Kier molecular flexibility index (Phi) is 7.16. The van der Waals surface area contributed by atoms with E-state index in [4.69, 9.17) is 9.47 Å². The van der Waals surface area contributed by atoms with E-state index in [1.165, 1.54) is 5.56 Å². The van der Waals surface area contributed by atoms with Crippen molar-refractivity contribution in [1.82, 2.24) is 15.5 Å². The van der Waals surface area contributed by atoms with Crippen LogP contribution in [0.5, 0.6) is 5.75 Å². The van der Waals surface area contributed by atoms with Gasteiger partial charge in [-0.3, -0.25) is 0 Å². The highest BCUT2D eigenvalue weighted by molar-refractivity contribution is 5.73. The molecule has 0 bridgehead atoms. The number of ether oxygens (including phenoxy) is 2. The minimum Gasteiger partial charge on any atom is -0.497 e. The average Bonchev–Trinajstić information content (AvgIpc) is 2.77. The predicted molar refractivity (Wildman–Crippen MR) is 89.9 cm³/mol. The standard InChI is InChI=1S/C17H27N3O3/c1-20-9-10-23-13-15(12-20)11-19-17(21)18-8-7-14-3-5-16(22-2)6-4-14/h3-6,15H,7-13H2,1-2H3,(H2,18,19,21). The highest BCUT2D eigenvalue weighted by Gasteiger charge is 2.16. The summed E-state index contributed by atoms with van der Waals surface area (Å²) in [5.41, 5.74) is 1.17. The van der Waals surface area contributed by atoms with E-state index >= 15 is 0 Å². The number of methoxy groups -OCH3 is 1. The Morgan fingerprint density at radius 1 is 1.35 bits per heavy atom. The Bertz CT molecular complexity index is 478. The van der Waals surface area contributed by atoms with Crippen molar-refractivity contribution in [2.24, 2.45) is 5.92 Å². The molecule has 1 fully saturated rings. The summed E-state index contributed by atoms with van der Waals surface area (Å²) in [4.78, 5) is 14.1. The number of nitrogens with one attached hydrogen (secondary N) is 2. The fraction of sp³-hybridized carbons (Fsp3) is 0.588. The van der Waals surface area contributed by atoms with Crippen LogP contribution in [0.4, 0.5) is 4.79 Å². The monoisotopic (exact) mass is 321 g/mol. The lowest BCUT2D eigenvalue weighted by atomic mass is 10.1. The van der Waals surface area contributed by atoms with E-state index in [0.717, 1.165) is 31.9 Å². The Morgan fingerprint density at radius 3 is 2.87 bits per heavy atom. The fourth-order valence-corrected chi connectivity index (χ4v) is 2.59. The molecule has 0 spiro atoms. The van der Waals surface area contributed by atoms with E-state index in [0.29, 0.717) is 25.6 Å². The minimum absolute atomic E-state index is 0.120. The van der Waals surface area contributed by atoms with Crippen molar-refractivity contribution in [3.63, 3.8) is 0 Å². The summed E-state index contributed by atoms with van der Waals surface area (Å²) in [5, 5.41) is 5.82. The lowest BCUT2D eigenvalue weighted by molar-refractivity contribution is 0.122. The van der Waals surface area contributed by atoms with Gasteiger partial charge in [0.2, 0.25) is 0 Å². The SMILES string of the molecule is COc1ccc(CCNC(=O)NCC2COCCN(C)C2)cc1. The van der Waals surface area contributed by atoms with E-state index in [1.54, 1.807) is 7.11 Å². The van der Waals surface area contributed by atoms with Crippen LogP contribution in [0.15, 0.2) is 24.3 Å². The maximum absolute atomic E-state index is 11.8. The van der Waals surface area contributed by atoms with Crippen molar-refractivity contribution in [3.8, 4) is 5.75 Å². The van der Waals surface area contributed by atoms with Crippen molar-refractivity contribution < 1.29 is 14.3 Å². The summed E-state index contributed by atoms with van der Waals surface area (Å²) in [6, 6.07) is 7.76. The summed E-state index contributed by atoms with van der Waals surface area (Å²) in [7, 11) is 3.73. The van der Waals surface area contributed by atoms with Crippen LogP contribution in [-0.4, -0.2) is 64.5 Å². The third-order valence-corrected chi connectivity index (χ3v) is 3.95. The van der Waals surface area contributed by atoms with Crippen molar-refractivity contribution in [3.05, 3.63) is 29.8 Å². The van der Waals surface area contributed by atoms with Gasteiger partial charge in [0.25, 0.3) is 0 Å². The van der Waals surface area contributed by atoms with Crippen LogP contribution < -0.4 is 15.4 Å². The first kappa shape index (κ1) is 17.6. The Balaban J connectivity index is 1.62. The highest BCUT2D eigenvalue weighted by Crippen LogP contribution is 2.11. The van der Waals surface area contributed by atoms with Crippen LogP contribution >= 0.6 is 0 Å². The number of carbonyl (C=O) groups is 1. The second-order valence-corrected chi connectivity index (χ2v) is 5.94. The number of hydrogen-bond acceptors (Lipinski definition) is 4. The van der Waals surface area contributed by atoms with E-state index in [-0.39, 0.29) is 6.03 Å². The van der Waals surface area contributed by atoms with Gasteiger partial charge in [-0.2, -0.15) is 0 Å². The first-order valence-corrected chi connectivity index (χ1v) is 8.08. The molecule has 0 saturated carbocycles. The zero-order valence-corrected chi connectivity index (χ0v) is 14.0. The van der Waals surface area contributed by atoms with E-state index < -0.39 is 0 Å². The number of amides is 2. The first-order valence-electron chi connectivity index (χ1n) is 8.08. The number of rotatable bonds is 6. The molecular weight excluding hydrogens is 294 g/mol. The number of carbonyl (C=O) groups excluding carboxylic acids is 1. The van der Waals surface area contributed by atoms with Crippen LogP contribution in [0.25, 0.3) is 0 Å². The minimum atomic E-state index is -0.120. The fourth-order valence-electron chi connectivity index (χ4n) is 2.59. The van der Waals surface area contributed by atoms with Crippen molar-refractivity contribution in [2.75, 3.05) is 53.6 Å². The third-order valence-electron chi connectivity index (χ3n) is 3.95. The number of hydrogen-bond donors (Lipinski definition) is 2. The molecule has 0 aromatic heterocycles. The van der Waals surface area contributed by atoms with E-state index in [1.807, 2.05) is 24.3 Å². The molecule has 1 aromatic carbocycles. The lowest BCUT2D eigenvalue weighted by Crippen LogP contribution is -2.41. The molecule has 1 aliphatic rings. The molecule has 2 amide bonds. The third kappa shape index (κ3) is 6.46. The van der Waals surface area contributed by atoms with Gasteiger partial charge in [0, 0.05) is 32.1 Å². The molecule has 1 heterocycles. The van der Waals surface area contributed by atoms with Crippen LogP contribution in [0.2, 0.25) is 0 Å². The summed E-state index contributed by atoms with van der Waals surface area (Å²) in [5.74, 6) is 1.19. The highest BCUT2D eigenvalue weighted by atomic mass is 16.5. The van der Waals surface area contributed by atoms with Gasteiger partial charge in [0.1, 0.15) is 5.75 Å². The first-order chi connectivity index (χ1) is 11.2. The van der Waals surface area contributed by atoms with Gasteiger partial charge in [-0.05, 0) is 31.2 Å². The molecule has 1 unspecified atom stereocenters. The molecule has 1 saturated heterocycles. The zero-order valence-electron chi connectivity index (χ0n) is 14.0. The largest absolute Gasteiger partial charge is 0.497 e. The van der Waals surface area contributed by atoms with Crippen LogP contribution in [0, 0.1) is 5.92 Å². The quantitative estimate of drug-likeness (QED) is 0.824. The summed E-state index contributed by atoms with van der Waals surface area (Å²) in [6.45, 7) is 4.62. The summed E-state index contributed by atoms with van der Waals surface area (Å²) in [6.07, 6.45) is 0.798. The van der Waals surface area contributed by atoms with Gasteiger partial charge in [-0.25, -0.2) is 4.79 Å². The number of urea groups is 1. The van der Waals surface area contributed by atoms with Gasteiger partial charge < -0.3 is 25.0 Å². The second kappa shape index (κ2) is 9.37. The average molecular weight is 321 g/mol. The topological polar surface area (TPSA) is 62.8 Å². The van der Waals surface area contributed by atoms with Gasteiger partial charge in [0.15, 0.2) is 0 Å². The Labute approximate surface area is 138 Å². The molecule has 23 heavy (non-hydrogen) atoms. The molecule has 128 valence electrons. The predicted octanol–water partition coefficient (Wildman–Crippen LogP) is 1.12. The summed E-state index contributed by atoms with van der Waals surface area (Å²) < 4.78 is 10.7. The molecule has 0 radical (unpaired) electrons. The number of likely N-dealkylation sites (N-methyl/N-ethyl adjacent to an activating group) is 1. The molecule has 1 atom stereocenters. The van der Waals surface area contributed by atoms with Gasteiger partial charge in [-0.1, -0.05) is 12.1 Å². The van der Waals surface area contributed by atoms with Gasteiger partial charge >= 0.3 is 6.03 Å². The molecule has 1 aliphatic heterocycles. The maximum Gasteiger partial charge on any atom is 0.314 e. The van der Waals surface area contributed by atoms with E-state index in [9.17, 15) is 4.79 Å². The van der Waals surface area contributed by atoms with Crippen molar-refractivity contribution in [1.29, 1.82) is 0 Å². The van der Waals surface area contributed by atoms with Gasteiger partial charge in [-0.15, -0.1) is 0 Å². The molecule has 1 aromatic rings. The maximum atomic E-state index is 11.8. The van der Waals surface area contributed by atoms with Crippen LogP contribution in [0.1, 0.15) is 5.56 Å². The smallest absolute Gasteiger partial charge is 0.314 e. The van der Waals surface area contributed by atoms with Crippen molar-refractivity contribution >= 4 is 6.03 Å². The number of benzene rings is 1. The van der Waals surface area contributed by atoms with Crippen LogP contribution in [0.3, 0.4) is 0 Å². The molecule has 2 rings (SSSR count). The van der Waals surface area contributed by atoms with Crippen molar-refractivity contribution in [2.45, 2.75) is 6.42 Å². The molecule has 2 N–H and O–H groups in total. The normalized spacial score (nSPS) is 19.0. The zero-order chi connectivity index (χ0) is 16.5. The lowest BCUT2D eigenvalue weighted by Gasteiger charge is -2.19. The molecule has 0 aliphatic carbocycles. The molecule has 6 heteroatoms. The van der Waals surface area contributed by atoms with Gasteiger partial charge in [0.05, 0.1) is 20.3 Å². The van der Waals surface area contributed by atoms with E-state index in [2.05, 4.69) is 22.6 Å². The molecule has 6 nitrogen and oxygen atoms in total. The Hall–Kier alpha value is -1.79. The Morgan fingerprint density at radius 2 is 2.13 bits per heavy atom.